The van der Waals surface area contributed by atoms with E-state index >= 15 is 0 Å². The van der Waals surface area contributed by atoms with Crippen molar-refractivity contribution in [3.05, 3.63) is 71.1 Å². The number of benzene rings is 2. The van der Waals surface area contributed by atoms with Gasteiger partial charge < -0.3 is 19.2 Å². The molecule has 2 aromatic carbocycles. The summed E-state index contributed by atoms with van der Waals surface area (Å²) in [5.41, 5.74) is 4.79. The number of aryl methyl sites for hydroxylation is 1. The minimum Gasteiger partial charge on any atom is -0.462 e. The zero-order valence-corrected chi connectivity index (χ0v) is 19.1. The summed E-state index contributed by atoms with van der Waals surface area (Å²) < 4.78 is 15.6. The van der Waals surface area contributed by atoms with Gasteiger partial charge in [-0.1, -0.05) is 24.3 Å². The number of anilines is 1. The molecule has 1 amide bonds. The highest BCUT2D eigenvalue weighted by Crippen LogP contribution is 2.45. The van der Waals surface area contributed by atoms with E-state index in [1.165, 1.54) is 29.4 Å². The molecular weight excluding hydrogens is 456 g/mol. The predicted octanol–water partition coefficient (Wildman–Crippen LogP) is 4.63. The summed E-state index contributed by atoms with van der Waals surface area (Å²) in [4.78, 5) is 42.7. The number of rotatable bonds is 6. The van der Waals surface area contributed by atoms with Crippen LogP contribution in [0.3, 0.4) is 0 Å². The Morgan fingerprint density at radius 2 is 1.94 bits per heavy atom. The molecule has 0 fully saturated rings. The van der Waals surface area contributed by atoms with Gasteiger partial charge in [0.1, 0.15) is 10.5 Å². The van der Waals surface area contributed by atoms with Gasteiger partial charge in [0.05, 0.1) is 17.7 Å². The van der Waals surface area contributed by atoms with Crippen LogP contribution >= 0.6 is 11.3 Å². The van der Waals surface area contributed by atoms with Crippen molar-refractivity contribution < 1.29 is 28.3 Å². The number of fused-ring (bicyclic) bond motifs is 4. The van der Waals surface area contributed by atoms with Crippen LogP contribution in [0.1, 0.15) is 38.8 Å². The summed E-state index contributed by atoms with van der Waals surface area (Å²) in [5, 5.41) is 3.14. The fraction of sp³-hybridized carbons (Fsp3) is 0.200. The van der Waals surface area contributed by atoms with Gasteiger partial charge in [-0.05, 0) is 54.7 Å². The molecule has 5 rings (SSSR count). The molecule has 0 unspecified atom stereocenters. The Balaban J connectivity index is 1.35. The number of carbonyl (C=O) groups is 3. The molecule has 172 valence electrons. The Bertz CT molecular complexity index is 1420. The van der Waals surface area contributed by atoms with Gasteiger partial charge in [0.25, 0.3) is 5.91 Å². The number of amides is 1. The monoisotopic (exact) mass is 476 g/mol. The van der Waals surface area contributed by atoms with Crippen molar-refractivity contribution in [1.82, 2.24) is 4.98 Å². The lowest BCUT2D eigenvalue weighted by Crippen LogP contribution is -2.22. The molecule has 4 aromatic rings. The van der Waals surface area contributed by atoms with E-state index in [1.54, 1.807) is 19.1 Å². The minimum absolute atomic E-state index is 0.223. The van der Waals surface area contributed by atoms with Crippen molar-refractivity contribution in [3.63, 3.8) is 0 Å². The number of esters is 2. The van der Waals surface area contributed by atoms with E-state index in [1.807, 2.05) is 18.2 Å². The highest BCUT2D eigenvalue weighted by molar-refractivity contribution is 7.20. The quantitative estimate of drug-likeness (QED) is 0.404. The Morgan fingerprint density at radius 1 is 1.09 bits per heavy atom. The number of ether oxygens (including phenoxy) is 2. The molecule has 2 aromatic heterocycles. The lowest BCUT2D eigenvalue weighted by Gasteiger charge is -2.16. The molecule has 0 spiro atoms. The lowest BCUT2D eigenvalue weighted by molar-refractivity contribution is -0.119. The number of hydrogen-bond donors (Lipinski definition) is 1. The number of oxazole rings is 1. The van der Waals surface area contributed by atoms with Crippen LogP contribution in [-0.4, -0.2) is 36.0 Å². The molecule has 9 heteroatoms. The SMILES string of the molecule is CCOC(=O)c1c(NC(=O)COC(=O)c2ccc3ncoc3c2)sc2c1CCc1ccccc1-2. The van der Waals surface area contributed by atoms with Gasteiger partial charge >= 0.3 is 11.9 Å². The summed E-state index contributed by atoms with van der Waals surface area (Å²) in [7, 11) is 0. The normalized spacial score (nSPS) is 12.0. The van der Waals surface area contributed by atoms with E-state index < -0.39 is 24.5 Å². The third kappa shape index (κ3) is 4.06. The van der Waals surface area contributed by atoms with Crippen molar-refractivity contribution in [3.8, 4) is 10.4 Å². The van der Waals surface area contributed by atoms with Crippen LogP contribution in [0.2, 0.25) is 0 Å². The van der Waals surface area contributed by atoms with Gasteiger partial charge in [-0.25, -0.2) is 14.6 Å². The molecule has 0 radical (unpaired) electrons. The van der Waals surface area contributed by atoms with E-state index in [4.69, 9.17) is 13.9 Å². The second kappa shape index (κ2) is 9.11. The Labute approximate surface area is 198 Å². The first-order valence-corrected chi connectivity index (χ1v) is 11.6. The van der Waals surface area contributed by atoms with E-state index in [2.05, 4.69) is 16.4 Å². The highest BCUT2D eigenvalue weighted by Gasteiger charge is 2.29. The van der Waals surface area contributed by atoms with Gasteiger partial charge in [0, 0.05) is 4.88 Å². The van der Waals surface area contributed by atoms with Crippen molar-refractivity contribution in [2.24, 2.45) is 0 Å². The molecule has 0 atom stereocenters. The lowest BCUT2D eigenvalue weighted by atomic mass is 9.89. The Hall–Kier alpha value is -3.98. The summed E-state index contributed by atoms with van der Waals surface area (Å²) in [5.74, 6) is -1.70. The number of aromatic nitrogens is 1. The van der Waals surface area contributed by atoms with Gasteiger partial charge in [0.2, 0.25) is 0 Å². The number of carbonyl (C=O) groups excluding carboxylic acids is 3. The third-order valence-electron chi connectivity index (χ3n) is 5.55. The number of nitrogens with one attached hydrogen (secondary N) is 1. The maximum absolute atomic E-state index is 12.8. The first-order chi connectivity index (χ1) is 16.5. The standard InChI is InChI=1S/C25H20N2O6S/c1-2-31-25(30)21-17-9-7-14-5-3-4-6-16(14)22(17)34-23(21)27-20(28)12-32-24(29)15-8-10-18-19(11-15)33-13-26-18/h3-6,8,10-11,13H,2,7,9,12H2,1H3,(H,27,28). The summed E-state index contributed by atoms with van der Waals surface area (Å²) in [6, 6.07) is 12.7. The fourth-order valence-electron chi connectivity index (χ4n) is 4.01. The van der Waals surface area contributed by atoms with Crippen LogP contribution in [0.4, 0.5) is 5.00 Å². The summed E-state index contributed by atoms with van der Waals surface area (Å²) in [6.07, 6.45) is 2.76. The van der Waals surface area contributed by atoms with Crippen molar-refractivity contribution >= 4 is 45.3 Å². The van der Waals surface area contributed by atoms with Crippen LogP contribution in [0.5, 0.6) is 0 Å². The molecule has 2 heterocycles. The van der Waals surface area contributed by atoms with Crippen LogP contribution in [0.15, 0.2) is 53.3 Å². The smallest absolute Gasteiger partial charge is 0.341 e. The summed E-state index contributed by atoms with van der Waals surface area (Å²) >= 11 is 1.33. The molecular formula is C25H20N2O6S. The molecule has 0 saturated heterocycles. The third-order valence-corrected chi connectivity index (χ3v) is 6.73. The second-order valence-corrected chi connectivity index (χ2v) is 8.67. The van der Waals surface area contributed by atoms with Crippen LogP contribution in [0, 0.1) is 0 Å². The average Bonchev–Trinajstić information content (AvgIpc) is 3.46. The molecule has 0 bridgehead atoms. The van der Waals surface area contributed by atoms with E-state index in [9.17, 15) is 14.4 Å². The van der Waals surface area contributed by atoms with Crippen LogP contribution < -0.4 is 5.32 Å². The van der Waals surface area contributed by atoms with Gasteiger partial charge in [-0.15, -0.1) is 11.3 Å². The Kier molecular flexibility index (Phi) is 5.85. The predicted molar refractivity (Wildman–Crippen MR) is 126 cm³/mol. The molecule has 0 saturated carbocycles. The van der Waals surface area contributed by atoms with Gasteiger partial charge in [-0.2, -0.15) is 0 Å². The molecule has 1 aliphatic carbocycles. The second-order valence-electron chi connectivity index (χ2n) is 7.65. The van der Waals surface area contributed by atoms with Crippen LogP contribution in [0.25, 0.3) is 21.5 Å². The average molecular weight is 477 g/mol. The van der Waals surface area contributed by atoms with Gasteiger partial charge in [0.15, 0.2) is 18.6 Å². The number of nitrogens with zero attached hydrogens (tertiary/aromatic N) is 1. The first kappa shape index (κ1) is 21.8. The molecule has 1 N–H and O–H groups in total. The maximum Gasteiger partial charge on any atom is 0.341 e. The molecule has 0 aliphatic heterocycles. The van der Waals surface area contributed by atoms with E-state index in [0.29, 0.717) is 28.1 Å². The summed E-state index contributed by atoms with van der Waals surface area (Å²) in [6.45, 7) is 1.45. The van der Waals surface area contributed by atoms with Crippen molar-refractivity contribution in [1.29, 1.82) is 0 Å². The largest absolute Gasteiger partial charge is 0.462 e. The topological polar surface area (TPSA) is 108 Å². The zero-order valence-electron chi connectivity index (χ0n) is 18.3. The van der Waals surface area contributed by atoms with E-state index in [-0.39, 0.29) is 12.2 Å². The Morgan fingerprint density at radius 3 is 2.79 bits per heavy atom. The maximum atomic E-state index is 12.8. The minimum atomic E-state index is -0.668. The van der Waals surface area contributed by atoms with Gasteiger partial charge in [-0.3, -0.25) is 4.79 Å². The van der Waals surface area contributed by atoms with Crippen molar-refractivity contribution in [2.75, 3.05) is 18.5 Å². The molecule has 1 aliphatic rings. The van der Waals surface area contributed by atoms with E-state index in [0.717, 1.165) is 22.4 Å². The first-order valence-electron chi connectivity index (χ1n) is 10.8. The molecule has 34 heavy (non-hydrogen) atoms. The number of thiophene rings is 1. The molecule has 8 nitrogen and oxygen atoms in total. The zero-order chi connectivity index (χ0) is 23.7. The van der Waals surface area contributed by atoms with Crippen LogP contribution in [-0.2, 0) is 27.1 Å². The fourth-order valence-corrected chi connectivity index (χ4v) is 5.32. The highest BCUT2D eigenvalue weighted by atomic mass is 32.1. The number of hydrogen-bond acceptors (Lipinski definition) is 8. The van der Waals surface area contributed by atoms with Crippen molar-refractivity contribution in [2.45, 2.75) is 19.8 Å².